The van der Waals surface area contributed by atoms with Crippen molar-refractivity contribution >= 4 is 30.3 Å². The lowest BCUT2D eigenvalue weighted by Gasteiger charge is -2.44. The molecule has 1 fully saturated rings. The van der Waals surface area contributed by atoms with Gasteiger partial charge in [0, 0.05) is 17.1 Å². The first-order valence-corrected chi connectivity index (χ1v) is 7.12. The molecule has 1 amide bonds. The molecule has 0 aromatic carbocycles. The maximum Gasteiger partial charge on any atom is 0.235 e. The van der Waals surface area contributed by atoms with Crippen LogP contribution in [0.2, 0.25) is 0 Å². The lowest BCUT2D eigenvalue weighted by molar-refractivity contribution is -0.158. The average Bonchev–Trinajstić information content (AvgIpc) is 2.68. The van der Waals surface area contributed by atoms with E-state index in [0.29, 0.717) is 24.4 Å². The van der Waals surface area contributed by atoms with Gasteiger partial charge >= 0.3 is 0 Å². The minimum atomic E-state index is -0.673. The number of fused-ring (bicyclic) bond motifs is 1. The second-order valence-corrected chi connectivity index (χ2v) is 5.77. The Morgan fingerprint density at radius 2 is 2.42 bits per heavy atom. The summed E-state index contributed by atoms with van der Waals surface area (Å²) in [4.78, 5) is 29.4. The molecule has 104 valence electrons. The van der Waals surface area contributed by atoms with Crippen LogP contribution in [-0.2, 0) is 9.59 Å². The lowest BCUT2D eigenvalue weighted by atomic mass is 9.83. The number of hydrogen-bond donors (Lipinski definition) is 2. The van der Waals surface area contributed by atoms with Crippen LogP contribution in [0.1, 0.15) is 13.3 Å². The van der Waals surface area contributed by atoms with Crippen molar-refractivity contribution in [1.29, 1.82) is 0 Å². The smallest absolute Gasteiger partial charge is 0.235 e. The van der Waals surface area contributed by atoms with Gasteiger partial charge in [-0.1, -0.05) is 0 Å². The number of aldehydes is 1. The minimum absolute atomic E-state index is 0.0618. The van der Waals surface area contributed by atoms with Crippen molar-refractivity contribution in [3.05, 3.63) is 10.6 Å². The summed E-state index contributed by atoms with van der Waals surface area (Å²) in [6.07, 6.45) is 1.95. The molecule has 3 N–H and O–H groups in total. The number of nitrogens with two attached hydrogens (primary N) is 1. The van der Waals surface area contributed by atoms with Crippen molar-refractivity contribution in [2.75, 3.05) is 12.3 Å². The number of thioether (sulfide) groups is 1. The first-order valence-electron chi connectivity index (χ1n) is 6.14. The predicted molar refractivity (Wildman–Crippen MR) is 73.5 cm³/mol. The minimum Gasteiger partial charge on any atom is -0.393 e. The van der Waals surface area contributed by atoms with Crippen molar-refractivity contribution in [3.63, 3.8) is 0 Å². The molecule has 2 aliphatic heterocycles. The van der Waals surface area contributed by atoms with Gasteiger partial charge in [0.1, 0.15) is 0 Å². The van der Waals surface area contributed by atoms with Crippen LogP contribution in [0.3, 0.4) is 0 Å². The first kappa shape index (κ1) is 14.1. The van der Waals surface area contributed by atoms with Crippen LogP contribution < -0.4 is 5.73 Å². The average molecular weight is 283 g/mol. The number of aliphatic hydroxyl groups is 1. The van der Waals surface area contributed by atoms with Crippen LogP contribution in [0.5, 0.6) is 0 Å². The van der Waals surface area contributed by atoms with E-state index in [1.165, 1.54) is 23.0 Å². The van der Waals surface area contributed by atoms with Gasteiger partial charge in [-0.25, -0.2) is 0 Å². The van der Waals surface area contributed by atoms with E-state index >= 15 is 0 Å². The van der Waals surface area contributed by atoms with Crippen molar-refractivity contribution in [3.8, 4) is 0 Å². The number of rotatable bonds is 6. The van der Waals surface area contributed by atoms with Gasteiger partial charge in [0.2, 0.25) is 5.91 Å². The highest BCUT2D eigenvalue weighted by atomic mass is 32.2. The third-order valence-corrected chi connectivity index (χ3v) is 4.55. The number of amides is 1. The molecule has 6 nitrogen and oxygen atoms in total. The van der Waals surface area contributed by atoms with Crippen molar-refractivity contribution in [1.82, 2.24) is 4.90 Å². The van der Waals surface area contributed by atoms with Crippen LogP contribution >= 0.6 is 11.8 Å². The van der Waals surface area contributed by atoms with Gasteiger partial charge in [-0.2, -0.15) is 0 Å². The highest BCUT2D eigenvalue weighted by Crippen LogP contribution is 2.46. The standard InChI is InChI=1S/C12H17N3O3S/c1-7(17)11-8-4-10(19-3-2-14-6-13)9(5-16)15(8)12(11)18/h5-8,11,17H,2-4H2,1H3,(H2,13,14). The molecule has 0 spiro atoms. The Balaban J connectivity index is 2.03. The van der Waals surface area contributed by atoms with E-state index in [9.17, 15) is 14.7 Å². The molecule has 0 aromatic rings. The lowest BCUT2D eigenvalue weighted by Crippen LogP contribution is -2.61. The van der Waals surface area contributed by atoms with Crippen LogP contribution in [0.25, 0.3) is 0 Å². The number of β-lactam (4-membered cyclic amide) rings is 1. The van der Waals surface area contributed by atoms with Crippen LogP contribution in [0.15, 0.2) is 15.6 Å². The van der Waals surface area contributed by atoms with Gasteiger partial charge in [-0.05, 0) is 6.92 Å². The summed E-state index contributed by atoms with van der Waals surface area (Å²) in [5.74, 6) is 0.182. The van der Waals surface area contributed by atoms with E-state index in [2.05, 4.69) is 4.99 Å². The number of aliphatic hydroxyl groups excluding tert-OH is 1. The van der Waals surface area contributed by atoms with E-state index < -0.39 is 6.10 Å². The third kappa shape index (κ3) is 2.40. The highest BCUT2D eigenvalue weighted by Gasteiger charge is 2.54. The van der Waals surface area contributed by atoms with Gasteiger partial charge in [-0.15, -0.1) is 11.8 Å². The summed E-state index contributed by atoms with van der Waals surface area (Å²) in [6.45, 7) is 2.19. The number of carbonyl (C=O) groups excluding carboxylic acids is 2. The molecule has 0 aliphatic carbocycles. The fraction of sp³-hybridized carbons (Fsp3) is 0.583. The third-order valence-electron chi connectivity index (χ3n) is 3.44. The van der Waals surface area contributed by atoms with E-state index in [-0.39, 0.29) is 17.9 Å². The fourth-order valence-corrected chi connectivity index (χ4v) is 3.62. The maximum absolute atomic E-state index is 11.9. The molecule has 0 bridgehead atoms. The maximum atomic E-state index is 11.9. The molecule has 2 rings (SSSR count). The second-order valence-electron chi connectivity index (χ2n) is 4.58. The van der Waals surface area contributed by atoms with E-state index in [1.54, 1.807) is 6.92 Å². The number of hydrogen-bond acceptors (Lipinski definition) is 5. The van der Waals surface area contributed by atoms with Gasteiger partial charge in [0.25, 0.3) is 0 Å². The summed E-state index contributed by atoms with van der Waals surface area (Å²) in [5.41, 5.74) is 5.60. The molecule has 2 aliphatic rings. The van der Waals surface area contributed by atoms with Gasteiger partial charge in [0.15, 0.2) is 6.29 Å². The zero-order valence-corrected chi connectivity index (χ0v) is 11.5. The second kappa shape index (κ2) is 5.75. The van der Waals surface area contributed by atoms with Crippen LogP contribution in [0.4, 0.5) is 0 Å². The molecule has 19 heavy (non-hydrogen) atoms. The number of allylic oxidation sites excluding steroid dienone is 1. The summed E-state index contributed by atoms with van der Waals surface area (Å²) in [6, 6.07) is -0.0618. The van der Waals surface area contributed by atoms with Crippen molar-refractivity contribution in [2.45, 2.75) is 25.5 Å². The summed E-state index contributed by atoms with van der Waals surface area (Å²) >= 11 is 1.52. The normalized spacial score (nSPS) is 27.7. The molecule has 2 heterocycles. The molecule has 0 aromatic heterocycles. The van der Waals surface area contributed by atoms with Crippen molar-refractivity contribution in [2.24, 2.45) is 16.6 Å². The van der Waals surface area contributed by atoms with E-state index in [0.717, 1.165) is 11.2 Å². The molecule has 3 atom stereocenters. The molecule has 0 saturated carbocycles. The van der Waals surface area contributed by atoms with Gasteiger partial charge < -0.3 is 15.7 Å². The van der Waals surface area contributed by atoms with E-state index in [4.69, 9.17) is 5.73 Å². The van der Waals surface area contributed by atoms with E-state index in [1.807, 2.05) is 0 Å². The number of carbonyl (C=O) groups is 2. The monoisotopic (exact) mass is 283 g/mol. The highest BCUT2D eigenvalue weighted by molar-refractivity contribution is 8.03. The molecule has 7 heteroatoms. The zero-order chi connectivity index (χ0) is 14.0. The zero-order valence-electron chi connectivity index (χ0n) is 10.7. The first-order chi connectivity index (χ1) is 9.11. The Kier molecular flexibility index (Phi) is 4.26. The van der Waals surface area contributed by atoms with Crippen molar-refractivity contribution < 1.29 is 14.7 Å². The molecule has 1 saturated heterocycles. The largest absolute Gasteiger partial charge is 0.393 e. The van der Waals surface area contributed by atoms with Gasteiger partial charge in [-0.3, -0.25) is 14.6 Å². The predicted octanol–water partition coefficient (Wildman–Crippen LogP) is -0.271. The Labute approximate surface area is 115 Å². The molecule has 0 radical (unpaired) electrons. The summed E-state index contributed by atoms with van der Waals surface area (Å²) < 4.78 is 0. The quantitative estimate of drug-likeness (QED) is 0.230. The summed E-state index contributed by atoms with van der Waals surface area (Å²) in [7, 11) is 0. The Bertz CT molecular complexity index is 448. The Morgan fingerprint density at radius 1 is 1.68 bits per heavy atom. The van der Waals surface area contributed by atoms with Crippen LogP contribution in [0, 0.1) is 5.92 Å². The number of nitrogens with zero attached hydrogens (tertiary/aromatic N) is 2. The summed E-state index contributed by atoms with van der Waals surface area (Å²) in [5, 5.41) is 9.59. The molecule has 3 unspecified atom stereocenters. The van der Waals surface area contributed by atoms with Crippen LogP contribution in [-0.4, -0.2) is 53.0 Å². The SMILES string of the molecule is CC(O)C1C(=O)N2C(C=O)=C(SCCN=CN)CC12. The molecular formula is C12H17N3O3S. The van der Waals surface area contributed by atoms with Gasteiger partial charge in [0.05, 0.1) is 36.6 Å². The topological polar surface area (TPSA) is 96.0 Å². The fourth-order valence-electron chi connectivity index (χ4n) is 2.59. The Morgan fingerprint density at radius 3 is 3.00 bits per heavy atom. The number of aliphatic imine (C=N–C) groups is 1. The Hall–Kier alpha value is -1.34. The molecular weight excluding hydrogens is 266 g/mol.